The summed E-state index contributed by atoms with van der Waals surface area (Å²) in [4.78, 5) is 23.7. The average Bonchev–Trinajstić information content (AvgIpc) is 2.80. The zero-order chi connectivity index (χ0) is 22.7. The number of hydrogen-bond donors (Lipinski definition) is 4. The van der Waals surface area contributed by atoms with Gasteiger partial charge in [0.15, 0.2) is 5.69 Å². The summed E-state index contributed by atoms with van der Waals surface area (Å²) in [5.41, 5.74) is 20.5. The Balaban J connectivity index is 1.62. The molecule has 4 rings (SSSR count). The predicted molar refractivity (Wildman–Crippen MR) is 124 cm³/mol. The van der Waals surface area contributed by atoms with E-state index in [2.05, 4.69) is 20.2 Å². The van der Waals surface area contributed by atoms with Gasteiger partial charge in [0.1, 0.15) is 5.82 Å². The van der Waals surface area contributed by atoms with Crippen molar-refractivity contribution in [1.82, 2.24) is 9.97 Å². The van der Waals surface area contributed by atoms with Crippen LogP contribution in [0, 0.1) is 5.82 Å². The molecule has 1 fully saturated rings. The zero-order valence-corrected chi connectivity index (χ0v) is 17.6. The Labute approximate surface area is 185 Å². The molecule has 0 unspecified atom stereocenters. The van der Waals surface area contributed by atoms with Crippen LogP contribution in [0.15, 0.2) is 48.8 Å². The molecule has 1 aliphatic rings. The maximum absolute atomic E-state index is 14.5. The second-order valence-corrected chi connectivity index (χ2v) is 7.85. The standard InChI is InChI=1S/C23H26FN7O/c24-17-10-14(11-25)3-4-16(17)19-6-5-18(27)22(29-19)23(32)30-20-12-28-8-7-21(20)31-9-1-2-15(26)13-31/h3-8,10,12,15H,1-2,9,11,13,25-27H2,(H,30,32)/t15-/m0/s1. The van der Waals surface area contributed by atoms with Crippen LogP contribution in [-0.2, 0) is 6.54 Å². The maximum atomic E-state index is 14.5. The van der Waals surface area contributed by atoms with Gasteiger partial charge in [0.25, 0.3) is 5.91 Å². The van der Waals surface area contributed by atoms with Crippen LogP contribution in [0.5, 0.6) is 0 Å². The van der Waals surface area contributed by atoms with Crippen LogP contribution in [-0.4, -0.2) is 35.0 Å². The molecule has 2 aromatic heterocycles. The molecule has 1 amide bonds. The van der Waals surface area contributed by atoms with E-state index in [0.29, 0.717) is 23.5 Å². The van der Waals surface area contributed by atoms with Gasteiger partial charge >= 0.3 is 0 Å². The lowest BCUT2D eigenvalue weighted by atomic mass is 10.1. The summed E-state index contributed by atoms with van der Waals surface area (Å²) in [6.45, 7) is 1.77. The first-order chi connectivity index (χ1) is 15.5. The summed E-state index contributed by atoms with van der Waals surface area (Å²) in [5, 5.41) is 2.85. The Morgan fingerprint density at radius 2 is 2.09 bits per heavy atom. The van der Waals surface area contributed by atoms with E-state index < -0.39 is 11.7 Å². The summed E-state index contributed by atoms with van der Waals surface area (Å²) in [7, 11) is 0. The first-order valence-electron chi connectivity index (χ1n) is 10.5. The fourth-order valence-corrected chi connectivity index (χ4v) is 3.86. The summed E-state index contributed by atoms with van der Waals surface area (Å²) in [5.74, 6) is -0.966. The Morgan fingerprint density at radius 3 is 2.84 bits per heavy atom. The van der Waals surface area contributed by atoms with E-state index in [-0.39, 0.29) is 29.5 Å². The molecule has 0 saturated carbocycles. The lowest BCUT2D eigenvalue weighted by Gasteiger charge is -2.33. The van der Waals surface area contributed by atoms with Crippen LogP contribution in [0.1, 0.15) is 28.9 Å². The highest BCUT2D eigenvalue weighted by atomic mass is 19.1. The normalized spacial score (nSPS) is 16.1. The van der Waals surface area contributed by atoms with Gasteiger partial charge in [-0.05, 0) is 48.7 Å². The third-order valence-corrected chi connectivity index (χ3v) is 5.53. The van der Waals surface area contributed by atoms with Crippen LogP contribution in [0.4, 0.5) is 21.5 Å². The topological polar surface area (TPSA) is 136 Å². The van der Waals surface area contributed by atoms with E-state index in [1.807, 2.05) is 6.07 Å². The van der Waals surface area contributed by atoms with Crippen LogP contribution in [0.3, 0.4) is 0 Å². The minimum atomic E-state index is -0.501. The minimum Gasteiger partial charge on any atom is -0.397 e. The molecule has 0 spiro atoms. The molecule has 1 aliphatic heterocycles. The van der Waals surface area contributed by atoms with Crippen molar-refractivity contribution < 1.29 is 9.18 Å². The second kappa shape index (κ2) is 9.29. The SMILES string of the molecule is NCc1ccc(-c2ccc(N)c(C(=O)Nc3cnccc3N3CCC[C@H](N)C3)n2)c(F)c1. The summed E-state index contributed by atoms with van der Waals surface area (Å²) in [6, 6.07) is 9.72. The van der Waals surface area contributed by atoms with E-state index in [1.165, 1.54) is 6.07 Å². The number of nitrogens with two attached hydrogens (primary N) is 3. The Kier molecular flexibility index (Phi) is 6.29. The van der Waals surface area contributed by atoms with Crippen molar-refractivity contribution in [2.75, 3.05) is 29.0 Å². The number of nitrogen functional groups attached to an aromatic ring is 1. The number of aromatic nitrogens is 2. The third kappa shape index (κ3) is 4.53. The van der Waals surface area contributed by atoms with Gasteiger partial charge in [-0.25, -0.2) is 9.37 Å². The number of amides is 1. The largest absolute Gasteiger partial charge is 0.397 e. The highest BCUT2D eigenvalue weighted by Gasteiger charge is 2.22. The molecule has 3 heterocycles. The Morgan fingerprint density at radius 1 is 1.25 bits per heavy atom. The molecule has 8 nitrogen and oxygen atoms in total. The number of benzene rings is 1. The number of carbonyl (C=O) groups excluding carboxylic acids is 1. The molecule has 1 saturated heterocycles. The van der Waals surface area contributed by atoms with E-state index in [4.69, 9.17) is 17.2 Å². The van der Waals surface area contributed by atoms with Crippen molar-refractivity contribution in [2.45, 2.75) is 25.4 Å². The number of halogens is 1. The number of nitrogens with zero attached hydrogens (tertiary/aromatic N) is 3. The summed E-state index contributed by atoms with van der Waals surface area (Å²) < 4.78 is 14.5. The highest BCUT2D eigenvalue weighted by molar-refractivity contribution is 6.07. The molecular formula is C23H26FN7O. The average molecular weight is 436 g/mol. The molecule has 1 aromatic carbocycles. The fraction of sp³-hybridized carbons (Fsp3) is 0.261. The molecule has 9 heteroatoms. The van der Waals surface area contributed by atoms with E-state index in [1.54, 1.807) is 36.7 Å². The van der Waals surface area contributed by atoms with Crippen molar-refractivity contribution in [2.24, 2.45) is 11.5 Å². The van der Waals surface area contributed by atoms with Crippen LogP contribution in [0.2, 0.25) is 0 Å². The number of piperidine rings is 1. The number of pyridine rings is 2. The summed E-state index contributed by atoms with van der Waals surface area (Å²) in [6.07, 6.45) is 5.20. The quantitative estimate of drug-likeness (QED) is 0.483. The fourth-order valence-electron chi connectivity index (χ4n) is 3.86. The number of hydrogen-bond acceptors (Lipinski definition) is 7. The smallest absolute Gasteiger partial charge is 0.276 e. The molecule has 3 aromatic rings. The minimum absolute atomic E-state index is 0.00921. The maximum Gasteiger partial charge on any atom is 0.276 e. The second-order valence-electron chi connectivity index (χ2n) is 7.85. The molecule has 0 bridgehead atoms. The van der Waals surface area contributed by atoms with Gasteiger partial charge < -0.3 is 27.4 Å². The molecule has 166 valence electrons. The molecule has 1 atom stereocenters. The van der Waals surface area contributed by atoms with Gasteiger partial charge in [-0.3, -0.25) is 9.78 Å². The molecular weight excluding hydrogens is 409 g/mol. The van der Waals surface area contributed by atoms with E-state index in [0.717, 1.165) is 25.1 Å². The van der Waals surface area contributed by atoms with Gasteiger partial charge in [0, 0.05) is 37.4 Å². The van der Waals surface area contributed by atoms with E-state index in [9.17, 15) is 9.18 Å². The van der Waals surface area contributed by atoms with Crippen LogP contribution in [0.25, 0.3) is 11.3 Å². The van der Waals surface area contributed by atoms with E-state index >= 15 is 0 Å². The number of carbonyl (C=O) groups is 1. The monoisotopic (exact) mass is 435 g/mol. The van der Waals surface area contributed by atoms with Crippen molar-refractivity contribution in [3.8, 4) is 11.3 Å². The van der Waals surface area contributed by atoms with Gasteiger partial charge in [-0.2, -0.15) is 0 Å². The van der Waals surface area contributed by atoms with Gasteiger partial charge in [-0.15, -0.1) is 0 Å². The number of rotatable bonds is 5. The number of anilines is 3. The van der Waals surface area contributed by atoms with Crippen molar-refractivity contribution in [3.63, 3.8) is 0 Å². The van der Waals surface area contributed by atoms with Gasteiger partial charge in [-0.1, -0.05) is 6.07 Å². The Bertz CT molecular complexity index is 1140. The lowest BCUT2D eigenvalue weighted by Crippen LogP contribution is -2.43. The molecule has 0 aliphatic carbocycles. The zero-order valence-electron chi connectivity index (χ0n) is 17.6. The Hall–Kier alpha value is -3.56. The first kappa shape index (κ1) is 21.7. The third-order valence-electron chi connectivity index (χ3n) is 5.53. The van der Waals surface area contributed by atoms with Crippen LogP contribution >= 0.6 is 0 Å². The van der Waals surface area contributed by atoms with Crippen LogP contribution < -0.4 is 27.4 Å². The molecule has 32 heavy (non-hydrogen) atoms. The highest BCUT2D eigenvalue weighted by Crippen LogP contribution is 2.29. The first-order valence-corrected chi connectivity index (χ1v) is 10.5. The number of nitrogens with one attached hydrogen (secondary N) is 1. The van der Waals surface area contributed by atoms with Gasteiger partial charge in [0.05, 0.1) is 29.0 Å². The lowest BCUT2D eigenvalue weighted by molar-refractivity contribution is 0.102. The molecule has 0 radical (unpaired) electrons. The van der Waals surface area contributed by atoms with Crippen molar-refractivity contribution >= 4 is 23.0 Å². The van der Waals surface area contributed by atoms with Gasteiger partial charge in [0.2, 0.25) is 0 Å². The summed E-state index contributed by atoms with van der Waals surface area (Å²) >= 11 is 0. The molecule has 7 N–H and O–H groups in total. The van der Waals surface area contributed by atoms with Crippen molar-refractivity contribution in [3.05, 3.63) is 65.9 Å². The predicted octanol–water partition coefficient (Wildman–Crippen LogP) is 2.50. The van der Waals surface area contributed by atoms with Crippen molar-refractivity contribution in [1.29, 1.82) is 0 Å².